The van der Waals surface area contributed by atoms with E-state index < -0.39 is 59.8 Å². The molecule has 1 aromatic rings. The normalized spacial score (nSPS) is 29.1. The number of hydrogen-bond acceptors (Lipinski definition) is 13. The number of nitrogens with two attached hydrogens (primary N) is 1. The standard InChI is InChI=1S/C39H57ClN4O10S2/c1-23-11-10-12-29(51-9)39(49)22-26(52-36(48)42-39)20-31-38(5,54-31)30(21-33(46)44(7)27-18-25(17-23)19-28(50-8)34(27)40)53-35(47)24(2)43(6)32(45)13-14-37(3,4)56-55-16-15-41/h10-12,18-19,24,26,29-31,49H,13-17,20-22,41H2,1-9H3,(H,42,48)/b12-10+,23-11+/t24-,26+,29+,30-,31-,38-,39-/m0/s1. The average Bonchev–Trinajstić information content (AvgIpc) is 3.79. The van der Waals surface area contributed by atoms with E-state index in [2.05, 4.69) is 19.2 Å². The molecule has 0 unspecified atom stereocenters. The predicted molar refractivity (Wildman–Crippen MR) is 219 cm³/mol. The number of esters is 1. The molecule has 0 aliphatic carbocycles. The Morgan fingerprint density at radius 1 is 1.27 bits per heavy atom. The van der Waals surface area contributed by atoms with Gasteiger partial charge >= 0.3 is 12.1 Å². The number of anilines is 1. The van der Waals surface area contributed by atoms with E-state index in [0.29, 0.717) is 30.8 Å². The fraction of sp³-hybridized carbons (Fsp3) is 0.641. The van der Waals surface area contributed by atoms with E-state index in [0.717, 1.165) is 16.9 Å². The highest BCUT2D eigenvalue weighted by molar-refractivity contribution is 8.77. The lowest BCUT2D eigenvalue weighted by Gasteiger charge is -2.40. The van der Waals surface area contributed by atoms with Crippen molar-refractivity contribution in [3.05, 3.63) is 46.5 Å². The van der Waals surface area contributed by atoms with Crippen LogP contribution >= 0.6 is 33.2 Å². The lowest BCUT2D eigenvalue weighted by atomic mass is 9.90. The number of aliphatic hydroxyl groups is 1. The molecular weight excluding hydrogens is 784 g/mol. The van der Waals surface area contributed by atoms with Crippen LogP contribution in [0.4, 0.5) is 10.5 Å². The minimum absolute atomic E-state index is 0.0402. The van der Waals surface area contributed by atoms with Gasteiger partial charge in [0.25, 0.3) is 0 Å². The van der Waals surface area contributed by atoms with Crippen LogP contribution in [0.3, 0.4) is 0 Å². The Balaban J connectivity index is 1.65. The van der Waals surface area contributed by atoms with Crippen LogP contribution in [0.2, 0.25) is 5.02 Å². The van der Waals surface area contributed by atoms with Crippen molar-refractivity contribution < 1.29 is 48.0 Å². The number of carbonyl (C=O) groups is 4. The summed E-state index contributed by atoms with van der Waals surface area (Å²) in [5, 5.41) is 14.4. The quantitative estimate of drug-likeness (QED) is 0.109. The highest BCUT2D eigenvalue weighted by Gasteiger charge is 2.61. The van der Waals surface area contributed by atoms with Gasteiger partial charge in [-0.05, 0) is 65.2 Å². The summed E-state index contributed by atoms with van der Waals surface area (Å²) in [5.41, 5.74) is 4.74. The van der Waals surface area contributed by atoms with Crippen LogP contribution in [-0.2, 0) is 39.8 Å². The molecule has 3 heterocycles. The number of rotatable bonds is 12. The second-order valence-corrected chi connectivity index (χ2v) is 18.9. The number of ether oxygens (including phenoxy) is 5. The molecule has 14 nitrogen and oxygen atoms in total. The summed E-state index contributed by atoms with van der Waals surface area (Å²) in [6, 6.07) is 2.61. The number of nitrogens with zero attached hydrogens (tertiary/aromatic N) is 2. The van der Waals surface area contributed by atoms with Gasteiger partial charge in [-0.2, -0.15) is 0 Å². The zero-order valence-corrected chi connectivity index (χ0v) is 36.1. The topological polar surface area (TPSA) is 182 Å². The van der Waals surface area contributed by atoms with Crippen molar-refractivity contribution in [3.8, 4) is 5.75 Å². The van der Waals surface area contributed by atoms with Crippen molar-refractivity contribution >= 4 is 62.8 Å². The minimum Gasteiger partial charge on any atom is -0.495 e. The largest absolute Gasteiger partial charge is 0.495 e. The van der Waals surface area contributed by atoms with Crippen molar-refractivity contribution in [3.63, 3.8) is 0 Å². The molecule has 0 aromatic heterocycles. The number of alkyl carbamates (subject to hydrolysis) is 1. The van der Waals surface area contributed by atoms with E-state index in [1.165, 1.54) is 24.0 Å². The fourth-order valence-electron chi connectivity index (χ4n) is 6.74. The first-order valence-electron chi connectivity index (χ1n) is 18.6. The summed E-state index contributed by atoms with van der Waals surface area (Å²) >= 11 is 6.77. The van der Waals surface area contributed by atoms with Crippen LogP contribution in [0.5, 0.6) is 5.75 Å². The van der Waals surface area contributed by atoms with Crippen LogP contribution in [0.1, 0.15) is 72.3 Å². The Morgan fingerprint density at radius 2 is 1.98 bits per heavy atom. The molecule has 3 aliphatic rings. The third kappa shape index (κ3) is 11.4. The summed E-state index contributed by atoms with van der Waals surface area (Å²) in [6.45, 7) is 9.90. The first-order valence-corrected chi connectivity index (χ1v) is 21.3. The van der Waals surface area contributed by atoms with Gasteiger partial charge in [0.2, 0.25) is 11.8 Å². The fourth-order valence-corrected chi connectivity index (χ4v) is 9.48. The van der Waals surface area contributed by atoms with Crippen molar-refractivity contribution in [2.24, 2.45) is 5.73 Å². The lowest BCUT2D eigenvalue weighted by molar-refractivity contribution is -0.162. The van der Waals surface area contributed by atoms with Crippen molar-refractivity contribution in [1.29, 1.82) is 0 Å². The van der Waals surface area contributed by atoms with Crippen LogP contribution in [0.25, 0.3) is 0 Å². The maximum Gasteiger partial charge on any atom is 0.409 e. The van der Waals surface area contributed by atoms with Crippen LogP contribution in [0, 0.1) is 0 Å². The Kier molecular flexibility index (Phi) is 15.7. The van der Waals surface area contributed by atoms with Crippen molar-refractivity contribution in [1.82, 2.24) is 10.2 Å². The van der Waals surface area contributed by atoms with Crippen LogP contribution in [0.15, 0.2) is 35.9 Å². The molecule has 4 rings (SSSR count). The number of likely N-dealkylation sites (N-methyl/N-ethyl adjacent to an activating group) is 1. The molecule has 3 amide bonds. The number of halogens is 1. The first kappa shape index (κ1) is 45.7. The van der Waals surface area contributed by atoms with Gasteiger partial charge in [-0.1, -0.05) is 57.0 Å². The zero-order chi connectivity index (χ0) is 41.6. The van der Waals surface area contributed by atoms with E-state index in [9.17, 15) is 24.3 Å². The van der Waals surface area contributed by atoms with Gasteiger partial charge in [0, 0.05) is 57.5 Å². The number of hydrogen-bond donors (Lipinski definition) is 3. The Hall–Kier alpha value is -2.99. The molecule has 1 aromatic carbocycles. The highest BCUT2D eigenvalue weighted by atomic mass is 35.5. The molecule has 0 radical (unpaired) electrons. The van der Waals surface area contributed by atoms with Gasteiger partial charge in [-0.15, -0.1) is 0 Å². The third-order valence-electron chi connectivity index (χ3n) is 10.5. The van der Waals surface area contributed by atoms with E-state index in [1.54, 1.807) is 73.8 Å². The van der Waals surface area contributed by atoms with Crippen molar-refractivity contribution in [2.75, 3.05) is 45.5 Å². The summed E-state index contributed by atoms with van der Waals surface area (Å²) in [6.07, 6.45) is 1.95. The van der Waals surface area contributed by atoms with E-state index in [-0.39, 0.29) is 41.4 Å². The maximum absolute atomic E-state index is 14.1. The molecule has 0 saturated carbocycles. The molecule has 7 atom stereocenters. The van der Waals surface area contributed by atoms with Crippen LogP contribution in [-0.4, -0.2) is 121 Å². The van der Waals surface area contributed by atoms with Gasteiger partial charge in [0.1, 0.15) is 40.7 Å². The molecule has 2 saturated heterocycles. The predicted octanol–water partition coefficient (Wildman–Crippen LogP) is 5.17. The van der Waals surface area contributed by atoms with Crippen molar-refractivity contribution in [2.45, 2.75) is 120 Å². The second-order valence-electron chi connectivity index (χ2n) is 15.4. The van der Waals surface area contributed by atoms with Gasteiger partial charge < -0.3 is 44.3 Å². The SMILES string of the molecule is COc1cc2cc(c1Cl)N(C)C(=O)C[C@H](OC(=O)[C@H](C)N(C)C(=O)CCC(C)(C)SSCCN)[C@]1(C)O[C@H]1C[C@@H]1C[C@@](O)(NC(=O)O1)[C@H](OC)/C=C/C=C(\C)C2. The van der Waals surface area contributed by atoms with Gasteiger partial charge in [-0.3, -0.25) is 14.9 Å². The number of carbonyl (C=O) groups excluding carboxylic acids is 4. The molecular formula is C39H57ClN4O10S2. The Bertz CT molecular complexity index is 1680. The number of nitrogens with one attached hydrogen (secondary N) is 1. The lowest BCUT2D eigenvalue weighted by Crippen LogP contribution is -2.62. The molecule has 3 aliphatic heterocycles. The van der Waals surface area contributed by atoms with Crippen LogP contribution < -0.4 is 20.7 Å². The van der Waals surface area contributed by atoms with Gasteiger partial charge in [-0.25, -0.2) is 9.59 Å². The number of amides is 3. The average molecular weight is 841 g/mol. The summed E-state index contributed by atoms with van der Waals surface area (Å²) < 4.78 is 28.9. The van der Waals surface area contributed by atoms with Gasteiger partial charge in [0.15, 0.2) is 5.72 Å². The molecule has 4 N–H and O–H groups in total. The Labute approximate surface area is 342 Å². The minimum atomic E-state index is -1.81. The van der Waals surface area contributed by atoms with E-state index >= 15 is 0 Å². The number of benzene rings is 1. The number of epoxide rings is 1. The highest BCUT2D eigenvalue weighted by Crippen LogP contribution is 2.47. The summed E-state index contributed by atoms with van der Waals surface area (Å²) in [4.78, 5) is 56.8. The first-order chi connectivity index (χ1) is 26.3. The number of fused-ring (bicyclic) bond motifs is 5. The third-order valence-corrected chi connectivity index (χ3v) is 14.3. The number of allylic oxidation sites excluding steroid dienone is 3. The monoisotopic (exact) mass is 840 g/mol. The summed E-state index contributed by atoms with van der Waals surface area (Å²) in [5.74, 6) is -0.203. The van der Waals surface area contributed by atoms with E-state index in [4.69, 9.17) is 41.0 Å². The zero-order valence-electron chi connectivity index (χ0n) is 33.7. The molecule has 312 valence electrons. The number of methoxy groups -OCH3 is 2. The molecule has 0 spiro atoms. The van der Waals surface area contributed by atoms with Gasteiger partial charge in [0.05, 0.1) is 25.3 Å². The molecule has 4 bridgehead atoms. The smallest absolute Gasteiger partial charge is 0.409 e. The molecule has 2 fully saturated rings. The molecule has 56 heavy (non-hydrogen) atoms. The maximum atomic E-state index is 14.1. The molecule has 17 heteroatoms. The van der Waals surface area contributed by atoms with E-state index in [1.807, 2.05) is 13.0 Å². The Morgan fingerprint density at radius 3 is 2.64 bits per heavy atom. The second kappa shape index (κ2) is 19.2. The summed E-state index contributed by atoms with van der Waals surface area (Å²) in [7, 11) is 9.38.